The summed E-state index contributed by atoms with van der Waals surface area (Å²) in [7, 11) is 0. The number of para-hydroxylation sites is 1. The average molecular weight is 341 g/mol. The number of amides is 2. The Bertz CT molecular complexity index is 826. The van der Waals surface area contributed by atoms with Gasteiger partial charge in [-0.2, -0.15) is 0 Å². The molecule has 2 aromatic carbocycles. The Hall–Kier alpha value is -3.22. The number of anilines is 1. The fourth-order valence-electron chi connectivity index (χ4n) is 2.41. The minimum atomic E-state index is -0.542. The number of nitro groups is 1. The molecule has 0 aliphatic carbocycles. The topological polar surface area (TPSA) is 101 Å². The first-order valence-corrected chi connectivity index (χ1v) is 7.69. The maximum absolute atomic E-state index is 12.1. The lowest BCUT2D eigenvalue weighted by Crippen LogP contribution is -2.33. The summed E-state index contributed by atoms with van der Waals surface area (Å²) in [6.07, 6.45) is 0. The molecule has 25 heavy (non-hydrogen) atoms. The van der Waals surface area contributed by atoms with Crippen LogP contribution in [-0.2, 0) is 4.79 Å². The van der Waals surface area contributed by atoms with Gasteiger partial charge in [-0.15, -0.1) is 0 Å². The number of benzene rings is 2. The van der Waals surface area contributed by atoms with E-state index >= 15 is 0 Å². The van der Waals surface area contributed by atoms with Crippen LogP contribution in [0.25, 0.3) is 0 Å². The largest absolute Gasteiger partial charge is 0.343 e. The minimum absolute atomic E-state index is 0.132. The van der Waals surface area contributed by atoms with E-state index in [0.717, 1.165) is 11.1 Å². The molecule has 0 aromatic heterocycles. The molecule has 0 atom stereocenters. The van der Waals surface area contributed by atoms with E-state index in [9.17, 15) is 19.7 Å². The Balaban J connectivity index is 2.01. The summed E-state index contributed by atoms with van der Waals surface area (Å²) in [5.41, 5.74) is 3.04. The third-order valence-corrected chi connectivity index (χ3v) is 3.82. The van der Waals surface area contributed by atoms with Crippen LogP contribution in [0.3, 0.4) is 0 Å². The molecule has 0 fully saturated rings. The summed E-state index contributed by atoms with van der Waals surface area (Å²) < 4.78 is 0. The van der Waals surface area contributed by atoms with E-state index in [4.69, 9.17) is 0 Å². The second-order valence-electron chi connectivity index (χ2n) is 5.76. The van der Waals surface area contributed by atoms with E-state index in [1.165, 1.54) is 18.2 Å². The van der Waals surface area contributed by atoms with Crippen molar-refractivity contribution in [3.8, 4) is 0 Å². The van der Waals surface area contributed by atoms with Crippen molar-refractivity contribution < 1.29 is 14.5 Å². The third-order valence-electron chi connectivity index (χ3n) is 3.82. The molecular weight excluding hydrogens is 322 g/mol. The van der Waals surface area contributed by atoms with Crippen molar-refractivity contribution in [1.29, 1.82) is 0 Å². The number of aryl methyl sites for hydroxylation is 3. The molecule has 130 valence electrons. The lowest BCUT2D eigenvalue weighted by atomic mass is 10.1. The number of nitrogens with zero attached hydrogens (tertiary/aromatic N) is 1. The van der Waals surface area contributed by atoms with Crippen molar-refractivity contribution in [1.82, 2.24) is 5.32 Å². The Morgan fingerprint density at radius 1 is 1.04 bits per heavy atom. The van der Waals surface area contributed by atoms with E-state index in [-0.39, 0.29) is 23.7 Å². The standard InChI is InChI=1S/C18H19N3O4/c1-11-7-8-14(9-15(11)21(24)25)18(23)19-10-16(22)20-17-12(2)5-4-6-13(17)3/h4-9H,10H2,1-3H3,(H,19,23)(H,20,22). The zero-order chi connectivity index (χ0) is 18.6. The predicted octanol–water partition coefficient (Wildman–Crippen LogP) is 2.89. The first kappa shape index (κ1) is 18.1. The lowest BCUT2D eigenvalue weighted by Gasteiger charge is -2.12. The van der Waals surface area contributed by atoms with Crippen molar-refractivity contribution in [3.05, 3.63) is 68.8 Å². The van der Waals surface area contributed by atoms with Crippen molar-refractivity contribution in [2.75, 3.05) is 11.9 Å². The molecular formula is C18H19N3O4. The second-order valence-corrected chi connectivity index (χ2v) is 5.76. The highest BCUT2D eigenvalue weighted by atomic mass is 16.6. The van der Waals surface area contributed by atoms with Gasteiger partial charge in [0.1, 0.15) is 0 Å². The number of hydrogen-bond acceptors (Lipinski definition) is 4. The molecule has 0 heterocycles. The molecule has 0 aliphatic heterocycles. The molecule has 2 amide bonds. The summed E-state index contributed by atoms with van der Waals surface area (Å²) in [5, 5.41) is 16.2. The Morgan fingerprint density at radius 3 is 2.28 bits per heavy atom. The smallest absolute Gasteiger partial charge is 0.273 e. The van der Waals surface area contributed by atoms with Crippen molar-refractivity contribution >= 4 is 23.2 Å². The fourth-order valence-corrected chi connectivity index (χ4v) is 2.41. The normalized spacial score (nSPS) is 10.2. The highest BCUT2D eigenvalue weighted by molar-refractivity contribution is 6.00. The first-order valence-electron chi connectivity index (χ1n) is 7.69. The predicted molar refractivity (Wildman–Crippen MR) is 94.7 cm³/mol. The van der Waals surface area contributed by atoms with Gasteiger partial charge in [-0.25, -0.2) is 0 Å². The molecule has 0 saturated carbocycles. The van der Waals surface area contributed by atoms with Crippen LogP contribution in [0.4, 0.5) is 11.4 Å². The van der Waals surface area contributed by atoms with Gasteiger partial charge in [0.25, 0.3) is 11.6 Å². The Kier molecular flexibility index (Phi) is 5.49. The zero-order valence-electron chi connectivity index (χ0n) is 14.3. The zero-order valence-corrected chi connectivity index (χ0v) is 14.3. The van der Waals surface area contributed by atoms with Gasteiger partial charge in [-0.05, 0) is 38.0 Å². The molecule has 7 heteroatoms. The molecule has 7 nitrogen and oxygen atoms in total. The summed E-state index contributed by atoms with van der Waals surface area (Å²) >= 11 is 0. The van der Waals surface area contributed by atoms with Crippen LogP contribution in [0.2, 0.25) is 0 Å². The summed E-state index contributed by atoms with van der Waals surface area (Å²) in [5.74, 6) is -0.910. The number of nitrogens with one attached hydrogen (secondary N) is 2. The fraction of sp³-hybridized carbons (Fsp3) is 0.222. The van der Waals surface area contributed by atoms with E-state index in [1.807, 2.05) is 32.0 Å². The van der Waals surface area contributed by atoms with E-state index < -0.39 is 10.8 Å². The van der Waals surface area contributed by atoms with Crippen molar-refractivity contribution in [2.45, 2.75) is 20.8 Å². The van der Waals surface area contributed by atoms with Crippen LogP contribution < -0.4 is 10.6 Å². The SMILES string of the molecule is Cc1ccc(C(=O)NCC(=O)Nc2c(C)cccc2C)cc1[N+](=O)[O-]. The maximum atomic E-state index is 12.1. The van der Waals surface area contributed by atoms with Gasteiger partial charge in [0.2, 0.25) is 5.91 Å². The van der Waals surface area contributed by atoms with Crippen LogP contribution in [-0.4, -0.2) is 23.3 Å². The summed E-state index contributed by atoms with van der Waals surface area (Å²) in [4.78, 5) is 34.6. The molecule has 0 aliphatic rings. The van der Waals surface area contributed by atoms with Gasteiger partial charge in [0.05, 0.1) is 11.5 Å². The number of carbonyl (C=O) groups excluding carboxylic acids is 2. The van der Waals surface area contributed by atoms with Crippen molar-refractivity contribution in [3.63, 3.8) is 0 Å². The van der Waals surface area contributed by atoms with E-state index in [2.05, 4.69) is 10.6 Å². The van der Waals surface area contributed by atoms with Gasteiger partial charge >= 0.3 is 0 Å². The average Bonchev–Trinajstić information content (AvgIpc) is 2.56. The molecule has 2 aromatic rings. The van der Waals surface area contributed by atoms with Crippen LogP contribution >= 0.6 is 0 Å². The maximum Gasteiger partial charge on any atom is 0.273 e. The highest BCUT2D eigenvalue weighted by Gasteiger charge is 2.16. The number of carbonyl (C=O) groups is 2. The van der Waals surface area contributed by atoms with Gasteiger partial charge in [-0.1, -0.05) is 24.3 Å². The quantitative estimate of drug-likeness (QED) is 0.645. The lowest BCUT2D eigenvalue weighted by molar-refractivity contribution is -0.385. The highest BCUT2D eigenvalue weighted by Crippen LogP contribution is 2.20. The van der Waals surface area contributed by atoms with Crippen LogP contribution in [0, 0.1) is 30.9 Å². The number of nitro benzene ring substituents is 1. The molecule has 2 N–H and O–H groups in total. The van der Waals surface area contributed by atoms with Gasteiger partial charge < -0.3 is 10.6 Å². The second kappa shape index (κ2) is 7.57. The first-order chi connectivity index (χ1) is 11.8. The Labute approximate surface area is 145 Å². The van der Waals surface area contributed by atoms with Gasteiger partial charge in [0.15, 0.2) is 0 Å². The Morgan fingerprint density at radius 2 is 1.68 bits per heavy atom. The van der Waals surface area contributed by atoms with Crippen molar-refractivity contribution in [2.24, 2.45) is 0 Å². The molecule has 0 radical (unpaired) electrons. The van der Waals surface area contributed by atoms with Gasteiger partial charge in [0, 0.05) is 22.9 Å². The molecule has 0 unspecified atom stereocenters. The van der Waals surface area contributed by atoms with E-state index in [0.29, 0.717) is 11.3 Å². The molecule has 0 bridgehead atoms. The van der Waals surface area contributed by atoms with Crippen LogP contribution in [0.1, 0.15) is 27.0 Å². The summed E-state index contributed by atoms with van der Waals surface area (Å²) in [6, 6.07) is 9.85. The van der Waals surface area contributed by atoms with Gasteiger partial charge in [-0.3, -0.25) is 19.7 Å². The van der Waals surface area contributed by atoms with Crippen LogP contribution in [0.15, 0.2) is 36.4 Å². The van der Waals surface area contributed by atoms with E-state index in [1.54, 1.807) is 6.92 Å². The molecule has 2 rings (SSSR count). The minimum Gasteiger partial charge on any atom is -0.343 e. The molecule has 0 saturated heterocycles. The monoisotopic (exact) mass is 341 g/mol. The number of hydrogen-bond donors (Lipinski definition) is 2. The third kappa shape index (κ3) is 4.41. The summed E-state index contributed by atoms with van der Waals surface area (Å²) in [6.45, 7) is 5.13. The number of rotatable bonds is 5. The molecule has 0 spiro atoms. The van der Waals surface area contributed by atoms with Crippen LogP contribution in [0.5, 0.6) is 0 Å².